The molecule has 0 radical (unpaired) electrons. The average molecular weight is 390 g/mol. The van der Waals surface area contributed by atoms with Crippen molar-refractivity contribution >= 4 is 39.5 Å². The predicted octanol–water partition coefficient (Wildman–Crippen LogP) is 3.24. The van der Waals surface area contributed by atoms with Crippen molar-refractivity contribution in [2.45, 2.75) is 24.4 Å². The van der Waals surface area contributed by atoms with Gasteiger partial charge in [-0.3, -0.25) is 13.8 Å². The molecule has 0 atom stereocenters. The van der Waals surface area contributed by atoms with Crippen LogP contribution in [0.1, 0.15) is 12.7 Å². The Morgan fingerprint density at radius 1 is 1.00 bits per heavy atom. The topological polar surface area (TPSA) is 70.0 Å². The monoisotopic (exact) mass is 390 g/mol. The molecule has 0 spiro atoms. The summed E-state index contributed by atoms with van der Waals surface area (Å²) in [5.41, 5.74) is 2.88. The van der Waals surface area contributed by atoms with E-state index >= 15 is 0 Å². The van der Waals surface area contributed by atoms with Crippen LogP contribution in [0.25, 0.3) is 27.7 Å². The van der Waals surface area contributed by atoms with Crippen molar-refractivity contribution in [2.75, 3.05) is 0 Å². The molecule has 0 aliphatic carbocycles. The molecule has 0 N–H and O–H groups in total. The standard InChI is InChI=1S/C20H18N6OS/c1-3-25-16-11-7-5-9-14(16)21-20(25)28-12-17-22-23-19-24(2)18(27)13-8-4-6-10-15(13)26(17)19/h4-11H,3,12H2,1-2H3. The summed E-state index contributed by atoms with van der Waals surface area (Å²) >= 11 is 1.63. The molecule has 5 rings (SSSR count). The molecule has 0 saturated heterocycles. The molecule has 0 unspecified atom stereocenters. The van der Waals surface area contributed by atoms with Gasteiger partial charge in [-0.15, -0.1) is 10.2 Å². The fraction of sp³-hybridized carbons (Fsp3) is 0.200. The fourth-order valence-corrected chi connectivity index (χ4v) is 4.58. The van der Waals surface area contributed by atoms with Crippen molar-refractivity contribution in [3.63, 3.8) is 0 Å². The number of hydrogen-bond donors (Lipinski definition) is 0. The van der Waals surface area contributed by atoms with Crippen LogP contribution < -0.4 is 5.56 Å². The summed E-state index contributed by atoms with van der Waals surface area (Å²) in [6.45, 7) is 2.97. The predicted molar refractivity (Wildman–Crippen MR) is 111 cm³/mol. The number of fused-ring (bicyclic) bond motifs is 4. The highest BCUT2D eigenvalue weighted by atomic mass is 32.2. The van der Waals surface area contributed by atoms with Gasteiger partial charge in [0, 0.05) is 13.6 Å². The first-order valence-electron chi connectivity index (χ1n) is 9.09. The van der Waals surface area contributed by atoms with Crippen molar-refractivity contribution in [1.82, 2.24) is 28.7 Å². The van der Waals surface area contributed by atoms with Gasteiger partial charge < -0.3 is 4.57 Å². The Hall–Kier alpha value is -3.13. The SMILES string of the molecule is CCn1c(SCc2nnc3n(C)c(=O)c4ccccc4n23)nc2ccccc21. The second-order valence-electron chi connectivity index (χ2n) is 6.55. The van der Waals surface area contributed by atoms with Gasteiger partial charge in [-0.1, -0.05) is 36.0 Å². The van der Waals surface area contributed by atoms with Crippen LogP contribution in [0.2, 0.25) is 0 Å². The van der Waals surface area contributed by atoms with E-state index in [1.165, 1.54) is 0 Å². The van der Waals surface area contributed by atoms with Gasteiger partial charge in [0.1, 0.15) is 5.82 Å². The van der Waals surface area contributed by atoms with E-state index in [9.17, 15) is 4.79 Å². The van der Waals surface area contributed by atoms with Gasteiger partial charge in [0.05, 0.1) is 27.7 Å². The Morgan fingerprint density at radius 3 is 2.57 bits per heavy atom. The molecular weight excluding hydrogens is 372 g/mol. The Kier molecular flexibility index (Phi) is 3.94. The third-order valence-electron chi connectivity index (χ3n) is 4.96. The van der Waals surface area contributed by atoms with Crippen LogP contribution in [0, 0.1) is 0 Å². The van der Waals surface area contributed by atoms with Gasteiger partial charge in [-0.05, 0) is 31.2 Å². The second kappa shape index (κ2) is 6.49. The molecular formula is C20H18N6OS. The molecule has 0 aliphatic heterocycles. The first-order chi connectivity index (χ1) is 13.7. The second-order valence-corrected chi connectivity index (χ2v) is 7.49. The number of para-hydroxylation sites is 3. The zero-order chi connectivity index (χ0) is 19.3. The van der Waals surface area contributed by atoms with Crippen molar-refractivity contribution < 1.29 is 0 Å². The number of aromatic nitrogens is 6. The summed E-state index contributed by atoms with van der Waals surface area (Å²) in [5.74, 6) is 1.94. The van der Waals surface area contributed by atoms with E-state index < -0.39 is 0 Å². The van der Waals surface area contributed by atoms with Gasteiger partial charge in [0.2, 0.25) is 5.78 Å². The normalized spacial score (nSPS) is 11.8. The van der Waals surface area contributed by atoms with E-state index in [0.29, 0.717) is 16.9 Å². The van der Waals surface area contributed by atoms with E-state index in [2.05, 4.69) is 27.8 Å². The van der Waals surface area contributed by atoms with Crippen LogP contribution in [0.5, 0.6) is 0 Å². The Morgan fingerprint density at radius 2 is 1.75 bits per heavy atom. The molecule has 0 saturated carbocycles. The number of rotatable bonds is 4. The molecule has 0 amide bonds. The highest BCUT2D eigenvalue weighted by Crippen LogP contribution is 2.27. The summed E-state index contributed by atoms with van der Waals surface area (Å²) < 4.78 is 5.71. The number of benzene rings is 2. The fourth-order valence-electron chi connectivity index (χ4n) is 3.58. The highest BCUT2D eigenvalue weighted by Gasteiger charge is 2.16. The number of imidazole rings is 1. The van der Waals surface area contributed by atoms with E-state index in [1.54, 1.807) is 23.4 Å². The molecule has 0 aliphatic rings. The smallest absolute Gasteiger partial charge is 0.262 e. The molecule has 7 nitrogen and oxygen atoms in total. The van der Waals surface area contributed by atoms with Crippen LogP contribution in [0.4, 0.5) is 0 Å². The molecule has 0 bridgehead atoms. The van der Waals surface area contributed by atoms with Gasteiger partial charge in [-0.2, -0.15) is 0 Å². The Bertz CT molecular complexity index is 1400. The van der Waals surface area contributed by atoms with E-state index in [1.807, 2.05) is 46.9 Å². The molecule has 2 aromatic carbocycles. The summed E-state index contributed by atoms with van der Waals surface area (Å²) in [4.78, 5) is 17.3. The highest BCUT2D eigenvalue weighted by molar-refractivity contribution is 7.98. The van der Waals surface area contributed by atoms with E-state index in [0.717, 1.165) is 34.1 Å². The zero-order valence-electron chi connectivity index (χ0n) is 15.5. The van der Waals surface area contributed by atoms with Crippen molar-refractivity contribution in [3.05, 3.63) is 64.7 Å². The molecule has 140 valence electrons. The minimum Gasteiger partial charge on any atom is -0.319 e. The van der Waals surface area contributed by atoms with Crippen molar-refractivity contribution in [2.24, 2.45) is 7.05 Å². The van der Waals surface area contributed by atoms with Gasteiger partial charge in [0.25, 0.3) is 5.56 Å². The number of nitrogens with zero attached hydrogens (tertiary/aromatic N) is 6. The number of hydrogen-bond acceptors (Lipinski definition) is 5. The van der Waals surface area contributed by atoms with Crippen molar-refractivity contribution in [3.8, 4) is 0 Å². The number of aryl methyl sites for hydroxylation is 2. The largest absolute Gasteiger partial charge is 0.319 e. The van der Waals surface area contributed by atoms with E-state index in [-0.39, 0.29) is 5.56 Å². The number of thioether (sulfide) groups is 1. The third-order valence-corrected chi connectivity index (χ3v) is 5.93. The quantitative estimate of drug-likeness (QED) is 0.441. The summed E-state index contributed by atoms with van der Waals surface area (Å²) in [6, 6.07) is 15.7. The van der Waals surface area contributed by atoms with Gasteiger partial charge >= 0.3 is 0 Å². The maximum atomic E-state index is 12.6. The maximum Gasteiger partial charge on any atom is 0.262 e. The lowest BCUT2D eigenvalue weighted by molar-refractivity contribution is 0.702. The van der Waals surface area contributed by atoms with Crippen LogP contribution in [-0.4, -0.2) is 28.7 Å². The summed E-state index contributed by atoms with van der Waals surface area (Å²) in [7, 11) is 1.73. The van der Waals surface area contributed by atoms with Crippen LogP contribution in [0.3, 0.4) is 0 Å². The van der Waals surface area contributed by atoms with Crippen LogP contribution in [-0.2, 0) is 19.3 Å². The molecule has 3 aromatic heterocycles. The van der Waals surface area contributed by atoms with Crippen LogP contribution in [0.15, 0.2) is 58.5 Å². The molecule has 0 fully saturated rings. The van der Waals surface area contributed by atoms with Gasteiger partial charge in [-0.25, -0.2) is 4.98 Å². The summed E-state index contributed by atoms with van der Waals surface area (Å²) in [6.07, 6.45) is 0. The molecule has 3 heterocycles. The zero-order valence-corrected chi connectivity index (χ0v) is 16.3. The molecule has 8 heteroatoms. The Balaban J connectivity index is 1.61. The molecule has 28 heavy (non-hydrogen) atoms. The first-order valence-corrected chi connectivity index (χ1v) is 10.1. The lowest BCUT2D eigenvalue weighted by Gasteiger charge is -2.08. The maximum absolute atomic E-state index is 12.6. The van der Waals surface area contributed by atoms with Crippen molar-refractivity contribution in [1.29, 1.82) is 0 Å². The Labute approximate surface area is 164 Å². The minimum absolute atomic E-state index is 0.0671. The van der Waals surface area contributed by atoms with Gasteiger partial charge in [0.15, 0.2) is 5.16 Å². The molecule has 5 aromatic rings. The van der Waals surface area contributed by atoms with E-state index in [4.69, 9.17) is 4.98 Å². The summed E-state index contributed by atoms with van der Waals surface area (Å²) in [5, 5.41) is 10.2. The average Bonchev–Trinajstić information content (AvgIpc) is 3.31. The lowest BCUT2D eigenvalue weighted by atomic mass is 10.2. The minimum atomic E-state index is -0.0671. The van der Waals surface area contributed by atoms with Crippen LogP contribution >= 0.6 is 11.8 Å². The lowest BCUT2D eigenvalue weighted by Crippen LogP contribution is -2.20. The first kappa shape index (κ1) is 17.0. The third kappa shape index (κ3) is 2.45.